The quantitative estimate of drug-likeness (QED) is 0.830. The minimum Gasteiger partial charge on any atom is -0.396 e. The predicted octanol–water partition coefficient (Wildman–Crippen LogP) is 2.08. The van der Waals surface area contributed by atoms with Crippen LogP contribution in [0.25, 0.3) is 0 Å². The molecule has 5 aliphatic rings. The summed E-state index contributed by atoms with van der Waals surface area (Å²) in [5, 5.41) is 9.48. The van der Waals surface area contributed by atoms with E-state index in [2.05, 4.69) is 9.97 Å². The predicted molar refractivity (Wildman–Crippen MR) is 100 cm³/mol. The number of amides is 1. The zero-order valence-corrected chi connectivity index (χ0v) is 16.0. The first-order valence-corrected chi connectivity index (χ1v) is 10.4. The molecule has 1 amide bonds. The number of carbonyl (C=O) groups is 1. The van der Waals surface area contributed by atoms with Gasteiger partial charge in [-0.25, -0.2) is 4.98 Å². The molecule has 2 N–H and O–H groups in total. The van der Waals surface area contributed by atoms with E-state index in [0.717, 1.165) is 55.7 Å². The molecule has 5 saturated carbocycles. The molecule has 6 heteroatoms. The fourth-order valence-corrected chi connectivity index (χ4v) is 6.54. The van der Waals surface area contributed by atoms with Crippen molar-refractivity contribution in [3.05, 3.63) is 27.9 Å². The van der Waals surface area contributed by atoms with Gasteiger partial charge in [-0.1, -0.05) is 0 Å². The van der Waals surface area contributed by atoms with E-state index in [4.69, 9.17) is 0 Å². The molecular weight excluding hydrogens is 342 g/mol. The number of aromatic amines is 1. The van der Waals surface area contributed by atoms with Gasteiger partial charge in [-0.15, -0.1) is 0 Å². The van der Waals surface area contributed by atoms with Crippen LogP contribution in [0.5, 0.6) is 0 Å². The lowest BCUT2D eigenvalue weighted by Gasteiger charge is -2.56. The van der Waals surface area contributed by atoms with Crippen LogP contribution in [0.4, 0.5) is 0 Å². The zero-order valence-electron chi connectivity index (χ0n) is 16.0. The number of hydrogen-bond donors (Lipinski definition) is 2. The smallest absolute Gasteiger partial charge is 0.263 e. The number of carbonyl (C=O) groups excluding carboxylic acids is 1. The Morgan fingerprint density at radius 3 is 2.30 bits per heavy atom. The highest BCUT2D eigenvalue weighted by Gasteiger charge is 2.53. The van der Waals surface area contributed by atoms with E-state index in [1.165, 1.54) is 25.5 Å². The van der Waals surface area contributed by atoms with Gasteiger partial charge in [0.15, 0.2) is 0 Å². The Bertz CT molecular complexity index is 791. The first kappa shape index (κ1) is 17.4. The maximum absolute atomic E-state index is 12.7. The molecule has 5 aliphatic carbocycles. The second kappa shape index (κ2) is 5.90. The SMILES string of the molecule is CN(CC1(CO)CC1)C(=O)c1cnc(C23CC4CC(CC(C4)C2)C3)[nH]c1=O. The Hall–Kier alpha value is -1.69. The van der Waals surface area contributed by atoms with Gasteiger partial charge in [-0.2, -0.15) is 0 Å². The molecule has 0 radical (unpaired) electrons. The molecule has 5 fully saturated rings. The Morgan fingerprint density at radius 2 is 1.81 bits per heavy atom. The number of nitrogens with zero attached hydrogens (tertiary/aromatic N) is 2. The highest BCUT2D eigenvalue weighted by Crippen LogP contribution is 2.59. The molecule has 0 aromatic carbocycles. The molecule has 1 aromatic rings. The van der Waals surface area contributed by atoms with E-state index >= 15 is 0 Å². The van der Waals surface area contributed by atoms with Crippen molar-refractivity contribution in [1.29, 1.82) is 0 Å². The molecule has 0 atom stereocenters. The summed E-state index contributed by atoms with van der Waals surface area (Å²) >= 11 is 0. The number of H-pyrrole nitrogens is 1. The van der Waals surface area contributed by atoms with E-state index in [9.17, 15) is 14.7 Å². The molecule has 0 saturated heterocycles. The summed E-state index contributed by atoms with van der Waals surface area (Å²) in [6.45, 7) is 0.572. The van der Waals surface area contributed by atoms with Crippen LogP contribution in [0.3, 0.4) is 0 Å². The lowest BCUT2D eigenvalue weighted by atomic mass is 9.49. The molecule has 1 heterocycles. The highest BCUT2D eigenvalue weighted by molar-refractivity contribution is 5.93. The third-order valence-corrected chi connectivity index (χ3v) is 7.78. The Kier molecular flexibility index (Phi) is 3.81. The van der Waals surface area contributed by atoms with Crippen molar-refractivity contribution in [2.75, 3.05) is 20.2 Å². The molecule has 0 spiro atoms. The fraction of sp³-hybridized carbons (Fsp3) is 0.762. The van der Waals surface area contributed by atoms with E-state index in [0.29, 0.717) is 6.54 Å². The third-order valence-electron chi connectivity index (χ3n) is 7.78. The van der Waals surface area contributed by atoms with Crippen molar-refractivity contribution < 1.29 is 9.90 Å². The molecule has 0 unspecified atom stereocenters. The van der Waals surface area contributed by atoms with E-state index in [1.807, 2.05) is 0 Å². The number of aliphatic hydroxyl groups is 1. The minimum absolute atomic E-state index is 0.0242. The van der Waals surface area contributed by atoms with Gasteiger partial charge in [0.05, 0.1) is 6.61 Å². The highest BCUT2D eigenvalue weighted by atomic mass is 16.3. The van der Waals surface area contributed by atoms with Gasteiger partial charge >= 0.3 is 0 Å². The van der Waals surface area contributed by atoms with Crippen LogP contribution in [-0.4, -0.2) is 46.1 Å². The summed E-state index contributed by atoms with van der Waals surface area (Å²) in [5.74, 6) is 2.84. The molecule has 6 rings (SSSR count). The van der Waals surface area contributed by atoms with Crippen molar-refractivity contribution in [1.82, 2.24) is 14.9 Å². The summed E-state index contributed by atoms with van der Waals surface area (Å²) < 4.78 is 0. The van der Waals surface area contributed by atoms with Crippen molar-refractivity contribution in [2.24, 2.45) is 23.2 Å². The Morgan fingerprint density at radius 1 is 1.22 bits per heavy atom. The fourth-order valence-electron chi connectivity index (χ4n) is 6.54. The van der Waals surface area contributed by atoms with Gasteiger partial charge in [0.2, 0.25) is 0 Å². The zero-order chi connectivity index (χ0) is 18.8. The molecular formula is C21H29N3O3. The first-order chi connectivity index (χ1) is 12.9. The van der Waals surface area contributed by atoms with Crippen molar-refractivity contribution in [3.8, 4) is 0 Å². The Balaban J connectivity index is 1.38. The van der Waals surface area contributed by atoms with Crippen molar-refractivity contribution in [2.45, 2.75) is 56.8 Å². The second-order valence-electron chi connectivity index (χ2n) is 9.99. The molecule has 0 aliphatic heterocycles. The molecule has 27 heavy (non-hydrogen) atoms. The van der Waals surface area contributed by atoms with Crippen LogP contribution in [0.1, 0.15) is 67.5 Å². The van der Waals surface area contributed by atoms with Gasteiger partial charge in [-0.05, 0) is 69.1 Å². The lowest BCUT2D eigenvalue weighted by Crippen LogP contribution is -2.50. The number of aliphatic hydroxyl groups excluding tert-OH is 1. The average molecular weight is 371 g/mol. The summed E-state index contributed by atoms with van der Waals surface area (Å²) in [7, 11) is 1.70. The number of aromatic nitrogens is 2. The van der Waals surface area contributed by atoms with Crippen LogP contribution in [-0.2, 0) is 5.41 Å². The van der Waals surface area contributed by atoms with Gasteiger partial charge in [0.1, 0.15) is 11.4 Å². The van der Waals surface area contributed by atoms with E-state index < -0.39 is 0 Å². The largest absolute Gasteiger partial charge is 0.396 e. The van der Waals surface area contributed by atoms with Crippen LogP contribution >= 0.6 is 0 Å². The molecule has 146 valence electrons. The van der Waals surface area contributed by atoms with Crippen LogP contribution in [0, 0.1) is 23.2 Å². The van der Waals surface area contributed by atoms with Crippen molar-refractivity contribution in [3.63, 3.8) is 0 Å². The number of rotatable bonds is 5. The maximum atomic E-state index is 12.7. The standard InChI is InChI=1S/C21H29N3O3/c1-24(11-20(12-25)2-3-20)18(27)16-10-22-19(23-17(16)26)21-7-13-4-14(8-21)6-15(5-13)9-21/h10,13-15,25H,2-9,11-12H2,1H3,(H,22,23,26). The Labute approximate surface area is 159 Å². The molecule has 4 bridgehead atoms. The van der Waals surface area contributed by atoms with Crippen LogP contribution in [0.2, 0.25) is 0 Å². The monoisotopic (exact) mass is 371 g/mol. The van der Waals surface area contributed by atoms with Crippen LogP contribution in [0.15, 0.2) is 11.0 Å². The normalized spacial score (nSPS) is 35.3. The summed E-state index contributed by atoms with van der Waals surface area (Å²) in [5.41, 5.74) is -0.346. The second-order valence-corrected chi connectivity index (χ2v) is 9.99. The van der Waals surface area contributed by atoms with Gasteiger partial charge in [0.25, 0.3) is 11.5 Å². The van der Waals surface area contributed by atoms with E-state index in [-0.39, 0.29) is 34.5 Å². The summed E-state index contributed by atoms with van der Waals surface area (Å²) in [6.07, 6.45) is 10.8. The van der Waals surface area contributed by atoms with Crippen LogP contribution < -0.4 is 5.56 Å². The van der Waals surface area contributed by atoms with Gasteiger partial charge in [0, 0.05) is 30.6 Å². The number of nitrogens with one attached hydrogen (secondary N) is 1. The lowest BCUT2D eigenvalue weighted by molar-refractivity contribution is -0.00955. The van der Waals surface area contributed by atoms with Gasteiger partial charge in [-0.3, -0.25) is 9.59 Å². The molecule has 1 aromatic heterocycles. The van der Waals surface area contributed by atoms with E-state index in [1.54, 1.807) is 11.9 Å². The third kappa shape index (κ3) is 2.84. The minimum atomic E-state index is -0.318. The summed E-state index contributed by atoms with van der Waals surface area (Å²) in [4.78, 5) is 34.6. The topological polar surface area (TPSA) is 86.3 Å². The summed E-state index contributed by atoms with van der Waals surface area (Å²) in [6, 6.07) is 0. The first-order valence-electron chi connectivity index (χ1n) is 10.4. The number of hydrogen-bond acceptors (Lipinski definition) is 4. The van der Waals surface area contributed by atoms with Gasteiger partial charge < -0.3 is 15.0 Å². The average Bonchev–Trinajstić information content (AvgIpc) is 3.40. The molecule has 6 nitrogen and oxygen atoms in total. The maximum Gasteiger partial charge on any atom is 0.263 e. The van der Waals surface area contributed by atoms with Crippen molar-refractivity contribution >= 4 is 5.91 Å².